The molecule has 32 heavy (non-hydrogen) atoms. The Hall–Kier alpha value is -3.93. The molecule has 1 aliphatic rings. The molecular formula is C26H24N2O4. The van der Waals surface area contributed by atoms with E-state index in [1.54, 1.807) is 42.6 Å². The van der Waals surface area contributed by atoms with Crippen molar-refractivity contribution in [3.8, 4) is 5.75 Å². The van der Waals surface area contributed by atoms with Crippen LogP contribution in [0.5, 0.6) is 5.75 Å². The molecule has 162 valence electrons. The van der Waals surface area contributed by atoms with Gasteiger partial charge in [-0.3, -0.25) is 14.5 Å². The molecule has 0 radical (unpaired) electrons. The molecule has 1 amide bonds. The first kappa shape index (κ1) is 21.3. The van der Waals surface area contributed by atoms with Crippen LogP contribution in [0, 0.1) is 13.8 Å². The molecule has 0 saturated carbocycles. The fraction of sp³-hybridized carbons (Fsp3) is 0.192. The Morgan fingerprint density at radius 1 is 1.06 bits per heavy atom. The molecule has 3 aromatic rings. The molecule has 2 aromatic carbocycles. The zero-order valence-corrected chi connectivity index (χ0v) is 18.2. The summed E-state index contributed by atoms with van der Waals surface area (Å²) in [6.07, 6.45) is 1.57. The molecule has 0 aliphatic carbocycles. The van der Waals surface area contributed by atoms with E-state index in [1.807, 2.05) is 45.0 Å². The maximum atomic E-state index is 13.2. The highest BCUT2D eigenvalue weighted by atomic mass is 16.5. The Kier molecular flexibility index (Phi) is 5.77. The number of aliphatic hydroxyl groups excluding tert-OH is 1. The molecule has 6 heteroatoms. The number of aliphatic hydroxyl groups is 1. The number of aryl methyl sites for hydroxylation is 2. The topological polar surface area (TPSA) is 79.7 Å². The van der Waals surface area contributed by atoms with E-state index in [9.17, 15) is 14.7 Å². The predicted molar refractivity (Wildman–Crippen MR) is 123 cm³/mol. The van der Waals surface area contributed by atoms with Crippen LogP contribution in [-0.2, 0) is 9.59 Å². The van der Waals surface area contributed by atoms with Crippen LogP contribution in [0.4, 0.5) is 5.82 Å². The van der Waals surface area contributed by atoms with Crippen molar-refractivity contribution < 1.29 is 19.4 Å². The van der Waals surface area contributed by atoms with Crippen LogP contribution in [0.1, 0.15) is 35.2 Å². The molecule has 0 spiro atoms. The summed E-state index contributed by atoms with van der Waals surface area (Å²) in [4.78, 5) is 31.9. The van der Waals surface area contributed by atoms with Gasteiger partial charge >= 0.3 is 5.91 Å². The average molecular weight is 428 g/mol. The number of Topliss-reactive ketones (excluding diaryl/α,β-unsaturated/α-hetero) is 1. The number of carbonyl (C=O) groups is 2. The van der Waals surface area contributed by atoms with Gasteiger partial charge in [0.1, 0.15) is 17.3 Å². The zero-order chi connectivity index (χ0) is 22.8. The highest BCUT2D eigenvalue weighted by Crippen LogP contribution is 2.42. The van der Waals surface area contributed by atoms with E-state index >= 15 is 0 Å². The van der Waals surface area contributed by atoms with E-state index in [1.165, 1.54) is 4.90 Å². The Bertz CT molecular complexity index is 1200. The molecule has 6 nitrogen and oxygen atoms in total. The highest BCUT2D eigenvalue weighted by Gasteiger charge is 2.47. The molecular weight excluding hydrogens is 404 g/mol. The molecule has 0 bridgehead atoms. The van der Waals surface area contributed by atoms with Gasteiger partial charge in [0.15, 0.2) is 0 Å². The third kappa shape index (κ3) is 3.75. The summed E-state index contributed by atoms with van der Waals surface area (Å²) >= 11 is 0. The van der Waals surface area contributed by atoms with E-state index < -0.39 is 17.7 Å². The number of pyridine rings is 1. The first-order valence-corrected chi connectivity index (χ1v) is 10.4. The summed E-state index contributed by atoms with van der Waals surface area (Å²) in [5, 5.41) is 11.3. The quantitative estimate of drug-likeness (QED) is 0.361. The maximum absolute atomic E-state index is 13.2. The molecule has 2 heterocycles. The summed E-state index contributed by atoms with van der Waals surface area (Å²) in [7, 11) is 0. The SMILES string of the molecule is CCOc1ccc(/C(O)=C2\C(=O)C(=O)N(c3ccccn3)C2c2ccc(C)cc2)c(C)c1. The van der Waals surface area contributed by atoms with Gasteiger partial charge < -0.3 is 9.84 Å². The highest BCUT2D eigenvalue weighted by molar-refractivity contribution is 6.51. The fourth-order valence-corrected chi connectivity index (χ4v) is 3.93. The van der Waals surface area contributed by atoms with Gasteiger partial charge in [-0.25, -0.2) is 4.98 Å². The number of ether oxygens (including phenoxy) is 1. The van der Waals surface area contributed by atoms with Gasteiger partial charge in [-0.1, -0.05) is 35.9 Å². The number of amides is 1. The van der Waals surface area contributed by atoms with Crippen LogP contribution in [0.2, 0.25) is 0 Å². The van der Waals surface area contributed by atoms with E-state index in [-0.39, 0.29) is 11.3 Å². The number of aromatic nitrogens is 1. The lowest BCUT2D eigenvalue weighted by atomic mass is 9.93. The van der Waals surface area contributed by atoms with E-state index in [0.717, 1.165) is 11.1 Å². The number of hydrogen-bond acceptors (Lipinski definition) is 5. The third-order valence-corrected chi connectivity index (χ3v) is 5.50. The maximum Gasteiger partial charge on any atom is 0.301 e. The summed E-state index contributed by atoms with van der Waals surface area (Å²) in [5.74, 6) is -0.660. The number of rotatable bonds is 5. The standard InChI is InChI=1S/C26H24N2O4/c1-4-32-19-12-13-20(17(3)15-19)24(29)22-23(18-10-8-16(2)9-11-18)28(26(31)25(22)30)21-7-5-6-14-27-21/h5-15,23,29H,4H2,1-3H3/b24-22+. The van der Waals surface area contributed by atoms with Gasteiger partial charge in [-0.05, 0) is 62.2 Å². The number of anilines is 1. The second kappa shape index (κ2) is 8.67. The van der Waals surface area contributed by atoms with Crippen LogP contribution in [0.3, 0.4) is 0 Å². The summed E-state index contributed by atoms with van der Waals surface area (Å²) in [6.45, 7) is 6.20. The lowest BCUT2D eigenvalue weighted by molar-refractivity contribution is -0.132. The van der Waals surface area contributed by atoms with Crippen LogP contribution < -0.4 is 9.64 Å². The minimum Gasteiger partial charge on any atom is -0.507 e. The number of nitrogens with zero attached hydrogens (tertiary/aromatic N) is 2. The Morgan fingerprint density at radius 3 is 2.44 bits per heavy atom. The van der Waals surface area contributed by atoms with Crippen molar-refractivity contribution >= 4 is 23.3 Å². The Labute approximate surface area is 186 Å². The molecule has 1 aromatic heterocycles. The van der Waals surface area contributed by atoms with Crippen molar-refractivity contribution in [1.29, 1.82) is 0 Å². The van der Waals surface area contributed by atoms with Gasteiger partial charge in [-0.15, -0.1) is 0 Å². The second-order valence-corrected chi connectivity index (χ2v) is 7.68. The van der Waals surface area contributed by atoms with Crippen molar-refractivity contribution in [1.82, 2.24) is 4.98 Å². The normalized spacial score (nSPS) is 17.6. The minimum absolute atomic E-state index is 0.0387. The molecule has 1 unspecified atom stereocenters. The van der Waals surface area contributed by atoms with Gasteiger partial charge in [0.25, 0.3) is 5.78 Å². The molecule has 1 aliphatic heterocycles. The molecule has 4 rings (SSSR count). The second-order valence-electron chi connectivity index (χ2n) is 7.68. The first-order chi connectivity index (χ1) is 15.4. The summed E-state index contributed by atoms with van der Waals surface area (Å²) in [5.41, 5.74) is 3.01. The van der Waals surface area contributed by atoms with Crippen LogP contribution in [0.15, 0.2) is 72.4 Å². The largest absolute Gasteiger partial charge is 0.507 e. The van der Waals surface area contributed by atoms with E-state index in [4.69, 9.17) is 4.74 Å². The molecule has 1 atom stereocenters. The van der Waals surface area contributed by atoms with Crippen molar-refractivity contribution in [2.75, 3.05) is 11.5 Å². The van der Waals surface area contributed by atoms with Gasteiger partial charge in [0.2, 0.25) is 0 Å². The van der Waals surface area contributed by atoms with Crippen LogP contribution in [0.25, 0.3) is 5.76 Å². The third-order valence-electron chi connectivity index (χ3n) is 5.50. The van der Waals surface area contributed by atoms with E-state index in [0.29, 0.717) is 29.3 Å². The van der Waals surface area contributed by atoms with E-state index in [2.05, 4.69) is 4.98 Å². The van der Waals surface area contributed by atoms with Crippen molar-refractivity contribution in [2.45, 2.75) is 26.8 Å². The van der Waals surface area contributed by atoms with Crippen LogP contribution >= 0.6 is 0 Å². The average Bonchev–Trinajstić information content (AvgIpc) is 3.05. The molecule has 1 saturated heterocycles. The molecule has 1 fully saturated rings. The number of ketones is 1. The van der Waals surface area contributed by atoms with Crippen LogP contribution in [-0.4, -0.2) is 28.4 Å². The predicted octanol–water partition coefficient (Wildman–Crippen LogP) is 4.72. The summed E-state index contributed by atoms with van der Waals surface area (Å²) < 4.78 is 5.53. The Balaban J connectivity index is 1.91. The number of carbonyl (C=O) groups excluding carboxylic acids is 2. The van der Waals surface area contributed by atoms with Gasteiger partial charge in [0, 0.05) is 11.8 Å². The van der Waals surface area contributed by atoms with Crippen molar-refractivity contribution in [2.24, 2.45) is 0 Å². The number of benzene rings is 2. The van der Waals surface area contributed by atoms with Crippen molar-refractivity contribution in [3.63, 3.8) is 0 Å². The lowest BCUT2D eigenvalue weighted by Crippen LogP contribution is -2.30. The molecule has 1 N–H and O–H groups in total. The number of hydrogen-bond donors (Lipinski definition) is 1. The fourth-order valence-electron chi connectivity index (χ4n) is 3.93. The Morgan fingerprint density at radius 2 is 1.81 bits per heavy atom. The van der Waals surface area contributed by atoms with Gasteiger partial charge in [-0.2, -0.15) is 0 Å². The minimum atomic E-state index is -0.795. The smallest absolute Gasteiger partial charge is 0.301 e. The summed E-state index contributed by atoms with van der Waals surface area (Å²) in [6, 6.07) is 17.2. The zero-order valence-electron chi connectivity index (χ0n) is 18.2. The van der Waals surface area contributed by atoms with Gasteiger partial charge in [0.05, 0.1) is 18.2 Å². The first-order valence-electron chi connectivity index (χ1n) is 10.4. The monoisotopic (exact) mass is 428 g/mol. The lowest BCUT2D eigenvalue weighted by Gasteiger charge is -2.24. The van der Waals surface area contributed by atoms with Crippen molar-refractivity contribution in [3.05, 3.63) is 94.7 Å².